The molecule has 9 heteroatoms. The molecule has 0 saturated carbocycles. The number of carbonyl (C=O) groups excluding carboxylic acids is 2. The third kappa shape index (κ3) is 7.19. The van der Waals surface area contributed by atoms with Gasteiger partial charge in [-0.2, -0.15) is 0 Å². The minimum absolute atomic E-state index is 0.0309. The Morgan fingerprint density at radius 3 is 2.56 bits per heavy atom. The molecule has 0 aromatic heterocycles. The van der Waals surface area contributed by atoms with Crippen LogP contribution in [0.1, 0.15) is 20.3 Å². The smallest absolute Gasteiger partial charge is 0.326 e. The van der Waals surface area contributed by atoms with Gasteiger partial charge in [0.2, 0.25) is 11.8 Å². The average molecular weight is 391 g/mol. The van der Waals surface area contributed by atoms with Crippen LogP contribution in [0.2, 0.25) is 10.0 Å². The number of rotatable bonds is 9. The van der Waals surface area contributed by atoms with Crippen LogP contribution in [0.15, 0.2) is 18.2 Å². The molecule has 1 rings (SSSR count). The first-order valence-corrected chi connectivity index (χ1v) is 8.32. The molecule has 2 amide bonds. The third-order valence-corrected chi connectivity index (χ3v) is 3.87. The quantitative estimate of drug-likeness (QED) is 0.673. The number of nitrogens with one attached hydrogen (secondary N) is 1. The lowest BCUT2D eigenvalue weighted by molar-refractivity contribution is -0.149. The number of benzene rings is 1. The molecule has 0 aliphatic heterocycles. The number of amides is 2. The van der Waals surface area contributed by atoms with Gasteiger partial charge in [0.1, 0.15) is 11.8 Å². The van der Waals surface area contributed by atoms with Gasteiger partial charge in [0, 0.05) is 25.0 Å². The Hall–Kier alpha value is -1.99. The number of hydrogen-bond donors (Lipinski definition) is 2. The molecule has 7 nitrogen and oxygen atoms in total. The molecule has 0 radical (unpaired) electrons. The van der Waals surface area contributed by atoms with E-state index in [1.54, 1.807) is 12.1 Å². The SMILES string of the molecule is CC(=O)NCCN(C(=O)CCOc1ccc(Cl)cc1Cl)C(C)C(=O)O. The topological polar surface area (TPSA) is 95.9 Å². The maximum atomic E-state index is 12.3. The van der Waals surface area contributed by atoms with Crippen LogP contribution >= 0.6 is 23.2 Å². The highest BCUT2D eigenvalue weighted by atomic mass is 35.5. The van der Waals surface area contributed by atoms with Gasteiger partial charge in [-0.3, -0.25) is 9.59 Å². The number of nitrogens with zero attached hydrogens (tertiary/aromatic N) is 1. The standard InChI is InChI=1S/C16H20Cl2N2O5/c1-10(16(23)24)20(7-6-19-11(2)21)15(22)5-8-25-14-4-3-12(17)9-13(14)18/h3-4,9-10H,5-8H2,1-2H3,(H,19,21)(H,23,24). The highest BCUT2D eigenvalue weighted by molar-refractivity contribution is 6.35. The monoisotopic (exact) mass is 390 g/mol. The summed E-state index contributed by atoms with van der Waals surface area (Å²) in [5.74, 6) is -1.39. The predicted molar refractivity (Wildman–Crippen MR) is 94.1 cm³/mol. The van der Waals surface area contributed by atoms with Gasteiger partial charge in [0.15, 0.2) is 0 Å². The van der Waals surface area contributed by atoms with E-state index in [1.165, 1.54) is 24.8 Å². The van der Waals surface area contributed by atoms with E-state index in [9.17, 15) is 14.4 Å². The lowest BCUT2D eigenvalue weighted by Gasteiger charge is -2.26. The second-order valence-corrected chi connectivity index (χ2v) is 6.10. The van der Waals surface area contributed by atoms with E-state index >= 15 is 0 Å². The number of halogens is 2. The zero-order chi connectivity index (χ0) is 19.0. The number of carboxylic acids is 1. The average Bonchev–Trinajstić information content (AvgIpc) is 2.52. The molecule has 0 aliphatic rings. The van der Waals surface area contributed by atoms with Gasteiger partial charge in [0.05, 0.1) is 18.1 Å². The maximum absolute atomic E-state index is 12.3. The van der Waals surface area contributed by atoms with Crippen LogP contribution < -0.4 is 10.1 Å². The summed E-state index contributed by atoms with van der Waals surface area (Å²) in [6.45, 7) is 3.04. The lowest BCUT2D eigenvalue weighted by atomic mass is 10.2. The number of aliphatic carboxylic acids is 1. The van der Waals surface area contributed by atoms with Crippen molar-refractivity contribution >= 4 is 41.0 Å². The first-order chi connectivity index (χ1) is 11.7. The minimum Gasteiger partial charge on any atom is -0.491 e. The Kier molecular flexibility index (Phi) is 8.51. The molecule has 1 aromatic carbocycles. The van der Waals surface area contributed by atoms with Crippen molar-refractivity contribution in [2.75, 3.05) is 19.7 Å². The Balaban J connectivity index is 2.61. The minimum atomic E-state index is -1.13. The van der Waals surface area contributed by atoms with Crippen molar-refractivity contribution < 1.29 is 24.2 Å². The van der Waals surface area contributed by atoms with E-state index in [4.69, 9.17) is 33.0 Å². The highest BCUT2D eigenvalue weighted by Crippen LogP contribution is 2.27. The van der Waals surface area contributed by atoms with E-state index in [2.05, 4.69) is 5.32 Å². The van der Waals surface area contributed by atoms with Crippen LogP contribution in [-0.2, 0) is 14.4 Å². The summed E-state index contributed by atoms with van der Waals surface area (Å²) in [6.07, 6.45) is -0.0311. The zero-order valence-corrected chi connectivity index (χ0v) is 15.4. The molecule has 1 unspecified atom stereocenters. The normalized spacial score (nSPS) is 11.5. The summed E-state index contributed by atoms with van der Waals surface area (Å²) in [6, 6.07) is 3.70. The van der Waals surface area contributed by atoms with Gasteiger partial charge >= 0.3 is 5.97 Å². The molecule has 1 aromatic rings. The molecule has 2 N–H and O–H groups in total. The molecule has 25 heavy (non-hydrogen) atoms. The van der Waals surface area contributed by atoms with Crippen LogP contribution in [-0.4, -0.2) is 53.5 Å². The second kappa shape index (κ2) is 10.1. The molecule has 1 atom stereocenters. The van der Waals surface area contributed by atoms with Crippen molar-refractivity contribution in [2.24, 2.45) is 0 Å². The molecular formula is C16H20Cl2N2O5. The molecule has 0 saturated heterocycles. The fourth-order valence-electron chi connectivity index (χ4n) is 2.00. The number of hydrogen-bond acceptors (Lipinski definition) is 4. The first kappa shape index (κ1) is 21.1. The molecule has 0 bridgehead atoms. The van der Waals surface area contributed by atoms with Gasteiger partial charge < -0.3 is 20.1 Å². The van der Waals surface area contributed by atoms with Crippen molar-refractivity contribution in [3.05, 3.63) is 28.2 Å². The third-order valence-electron chi connectivity index (χ3n) is 3.34. The van der Waals surface area contributed by atoms with Crippen LogP contribution in [0.3, 0.4) is 0 Å². The fraction of sp³-hybridized carbons (Fsp3) is 0.438. The Morgan fingerprint density at radius 2 is 2.00 bits per heavy atom. The largest absolute Gasteiger partial charge is 0.491 e. The summed E-state index contributed by atoms with van der Waals surface area (Å²) in [5, 5.41) is 12.5. The van der Waals surface area contributed by atoms with Crippen molar-refractivity contribution in [3.63, 3.8) is 0 Å². The number of carbonyl (C=O) groups is 3. The van der Waals surface area contributed by atoms with E-state index in [0.29, 0.717) is 15.8 Å². The fourth-order valence-corrected chi connectivity index (χ4v) is 2.47. The summed E-state index contributed by atoms with van der Waals surface area (Å²) < 4.78 is 5.44. The summed E-state index contributed by atoms with van der Waals surface area (Å²) >= 11 is 11.8. The predicted octanol–water partition coefficient (Wildman–Crippen LogP) is 2.20. The van der Waals surface area contributed by atoms with Gasteiger partial charge in [-0.05, 0) is 25.1 Å². The van der Waals surface area contributed by atoms with Crippen molar-refractivity contribution in [1.82, 2.24) is 10.2 Å². The van der Waals surface area contributed by atoms with Crippen LogP contribution in [0.25, 0.3) is 0 Å². The molecular weight excluding hydrogens is 371 g/mol. The Morgan fingerprint density at radius 1 is 1.32 bits per heavy atom. The second-order valence-electron chi connectivity index (χ2n) is 5.26. The maximum Gasteiger partial charge on any atom is 0.326 e. The van der Waals surface area contributed by atoms with Crippen molar-refractivity contribution in [1.29, 1.82) is 0 Å². The summed E-state index contributed by atoms with van der Waals surface area (Å²) in [4.78, 5) is 35.6. The summed E-state index contributed by atoms with van der Waals surface area (Å²) in [5.41, 5.74) is 0. The highest BCUT2D eigenvalue weighted by Gasteiger charge is 2.25. The zero-order valence-electron chi connectivity index (χ0n) is 13.9. The molecule has 0 fully saturated rings. The molecule has 0 heterocycles. The lowest BCUT2D eigenvalue weighted by Crippen LogP contribution is -2.47. The van der Waals surface area contributed by atoms with Gasteiger partial charge in [-0.15, -0.1) is 0 Å². The van der Waals surface area contributed by atoms with Crippen LogP contribution in [0, 0.1) is 0 Å². The Bertz CT molecular complexity index is 639. The van der Waals surface area contributed by atoms with Gasteiger partial charge in [-0.1, -0.05) is 23.2 Å². The van der Waals surface area contributed by atoms with Crippen molar-refractivity contribution in [2.45, 2.75) is 26.3 Å². The number of ether oxygens (including phenoxy) is 1. The first-order valence-electron chi connectivity index (χ1n) is 7.57. The summed E-state index contributed by atoms with van der Waals surface area (Å²) in [7, 11) is 0. The van der Waals surface area contributed by atoms with Crippen molar-refractivity contribution in [3.8, 4) is 5.75 Å². The van der Waals surface area contributed by atoms with E-state index in [-0.39, 0.29) is 32.0 Å². The molecule has 0 aliphatic carbocycles. The number of carboxylic acid groups (broad SMARTS) is 1. The molecule has 138 valence electrons. The van der Waals surface area contributed by atoms with E-state index in [0.717, 1.165) is 0 Å². The van der Waals surface area contributed by atoms with Crippen LogP contribution in [0.4, 0.5) is 0 Å². The van der Waals surface area contributed by atoms with E-state index in [1.807, 2.05) is 0 Å². The Labute approximate surface area is 155 Å². The van der Waals surface area contributed by atoms with E-state index < -0.39 is 17.9 Å². The molecule has 0 spiro atoms. The van der Waals surface area contributed by atoms with Crippen LogP contribution in [0.5, 0.6) is 5.75 Å². The van der Waals surface area contributed by atoms with Gasteiger partial charge in [-0.25, -0.2) is 4.79 Å². The van der Waals surface area contributed by atoms with Gasteiger partial charge in [0.25, 0.3) is 0 Å².